The zero-order valence-electron chi connectivity index (χ0n) is 10.8. The van der Waals surface area contributed by atoms with Gasteiger partial charge in [-0.3, -0.25) is 0 Å². The Balaban J connectivity index is 2.37. The molecule has 0 bridgehead atoms. The van der Waals surface area contributed by atoms with Crippen molar-refractivity contribution in [2.45, 2.75) is 59.4 Å². The highest BCUT2D eigenvalue weighted by Gasteiger charge is 2.19. The number of allylic oxidation sites excluding steroid dienone is 2. The quantitative estimate of drug-likeness (QED) is 0.701. The van der Waals surface area contributed by atoms with E-state index in [4.69, 9.17) is 5.73 Å². The van der Waals surface area contributed by atoms with Crippen molar-refractivity contribution in [1.82, 2.24) is 0 Å². The van der Waals surface area contributed by atoms with E-state index in [-0.39, 0.29) is 0 Å². The summed E-state index contributed by atoms with van der Waals surface area (Å²) in [6, 6.07) is 0.393. The molecule has 0 saturated carbocycles. The van der Waals surface area contributed by atoms with E-state index in [2.05, 4.69) is 33.8 Å². The fraction of sp³-hybridized carbons (Fsp3) is 0.857. The number of rotatable bonds is 4. The van der Waals surface area contributed by atoms with Crippen molar-refractivity contribution in [3.05, 3.63) is 11.6 Å². The van der Waals surface area contributed by atoms with Gasteiger partial charge in [-0.2, -0.15) is 0 Å². The highest BCUT2D eigenvalue weighted by Crippen LogP contribution is 2.30. The Labute approximate surface area is 95.1 Å². The molecule has 1 aliphatic carbocycles. The molecule has 1 aliphatic rings. The molecular weight excluding hydrogens is 182 g/mol. The molecule has 1 heteroatoms. The highest BCUT2D eigenvalue weighted by atomic mass is 14.6. The lowest BCUT2D eigenvalue weighted by Gasteiger charge is -2.27. The minimum atomic E-state index is 0.393. The van der Waals surface area contributed by atoms with E-state index in [0.29, 0.717) is 12.0 Å². The number of hydrogen-bond acceptors (Lipinski definition) is 1. The number of nitrogens with two attached hydrogens (primary N) is 1. The predicted molar refractivity (Wildman–Crippen MR) is 67.7 cm³/mol. The standard InChI is InChI=1S/C14H27N/c1-10(2)13-7-5-12(6-8-13)9-14(15)11(3)4/h7,10-12,14H,5-6,8-9,15H2,1-4H3. The average Bonchev–Trinajstić information content (AvgIpc) is 2.18. The van der Waals surface area contributed by atoms with E-state index in [1.54, 1.807) is 5.57 Å². The van der Waals surface area contributed by atoms with Crippen LogP contribution in [-0.4, -0.2) is 6.04 Å². The van der Waals surface area contributed by atoms with Gasteiger partial charge in [-0.1, -0.05) is 39.3 Å². The summed E-state index contributed by atoms with van der Waals surface area (Å²) in [6.45, 7) is 9.05. The van der Waals surface area contributed by atoms with Crippen molar-refractivity contribution in [2.24, 2.45) is 23.5 Å². The molecule has 0 aromatic rings. The van der Waals surface area contributed by atoms with Crippen LogP contribution in [0.2, 0.25) is 0 Å². The summed E-state index contributed by atoms with van der Waals surface area (Å²) in [5, 5.41) is 0. The van der Waals surface area contributed by atoms with Gasteiger partial charge in [0.2, 0.25) is 0 Å². The largest absolute Gasteiger partial charge is 0.327 e. The lowest BCUT2D eigenvalue weighted by molar-refractivity contribution is 0.345. The zero-order chi connectivity index (χ0) is 11.4. The minimum Gasteiger partial charge on any atom is -0.327 e. The summed E-state index contributed by atoms with van der Waals surface area (Å²) in [7, 11) is 0. The van der Waals surface area contributed by atoms with Crippen molar-refractivity contribution in [2.75, 3.05) is 0 Å². The third-order valence-corrected chi connectivity index (χ3v) is 3.76. The van der Waals surface area contributed by atoms with Gasteiger partial charge in [0.25, 0.3) is 0 Å². The third-order valence-electron chi connectivity index (χ3n) is 3.76. The molecule has 0 radical (unpaired) electrons. The summed E-state index contributed by atoms with van der Waals surface area (Å²) in [6.07, 6.45) is 7.58. The Morgan fingerprint density at radius 1 is 1.33 bits per heavy atom. The van der Waals surface area contributed by atoms with E-state index in [9.17, 15) is 0 Å². The first-order valence-corrected chi connectivity index (χ1v) is 6.45. The fourth-order valence-corrected chi connectivity index (χ4v) is 2.30. The van der Waals surface area contributed by atoms with Crippen LogP contribution in [0, 0.1) is 17.8 Å². The van der Waals surface area contributed by atoms with Crippen molar-refractivity contribution >= 4 is 0 Å². The normalized spacial score (nSPS) is 24.5. The van der Waals surface area contributed by atoms with E-state index >= 15 is 0 Å². The van der Waals surface area contributed by atoms with Gasteiger partial charge in [0.1, 0.15) is 0 Å². The fourth-order valence-electron chi connectivity index (χ4n) is 2.30. The second-order valence-electron chi connectivity index (χ2n) is 5.72. The van der Waals surface area contributed by atoms with Crippen LogP contribution < -0.4 is 5.73 Å². The van der Waals surface area contributed by atoms with Gasteiger partial charge in [0.15, 0.2) is 0 Å². The van der Waals surface area contributed by atoms with Crippen molar-refractivity contribution in [3.8, 4) is 0 Å². The molecule has 0 aliphatic heterocycles. The van der Waals surface area contributed by atoms with Crippen molar-refractivity contribution < 1.29 is 0 Å². The van der Waals surface area contributed by atoms with Crippen LogP contribution in [0.4, 0.5) is 0 Å². The maximum atomic E-state index is 6.12. The van der Waals surface area contributed by atoms with Gasteiger partial charge in [-0.15, -0.1) is 0 Å². The van der Waals surface area contributed by atoms with E-state index in [1.807, 2.05) is 0 Å². The van der Waals surface area contributed by atoms with Gasteiger partial charge in [-0.05, 0) is 43.4 Å². The molecule has 0 saturated heterocycles. The van der Waals surface area contributed by atoms with Gasteiger partial charge < -0.3 is 5.73 Å². The monoisotopic (exact) mass is 209 g/mol. The van der Waals surface area contributed by atoms with Gasteiger partial charge in [-0.25, -0.2) is 0 Å². The molecule has 0 amide bonds. The highest BCUT2D eigenvalue weighted by molar-refractivity contribution is 5.08. The molecular formula is C14H27N. The Morgan fingerprint density at radius 2 is 2.00 bits per heavy atom. The average molecular weight is 209 g/mol. The van der Waals surface area contributed by atoms with Gasteiger partial charge >= 0.3 is 0 Å². The van der Waals surface area contributed by atoms with Gasteiger partial charge in [0, 0.05) is 6.04 Å². The second-order valence-corrected chi connectivity index (χ2v) is 5.72. The lowest BCUT2D eigenvalue weighted by Crippen LogP contribution is -2.29. The lowest BCUT2D eigenvalue weighted by atomic mass is 9.81. The molecule has 15 heavy (non-hydrogen) atoms. The summed E-state index contributed by atoms with van der Waals surface area (Å²) in [4.78, 5) is 0. The van der Waals surface area contributed by atoms with Crippen molar-refractivity contribution in [3.63, 3.8) is 0 Å². The summed E-state index contributed by atoms with van der Waals surface area (Å²) >= 11 is 0. The zero-order valence-corrected chi connectivity index (χ0v) is 10.8. The van der Waals surface area contributed by atoms with E-state index in [1.165, 1.54) is 25.7 Å². The Kier molecular flexibility index (Phi) is 4.85. The molecule has 2 unspecified atom stereocenters. The molecule has 2 atom stereocenters. The van der Waals surface area contributed by atoms with Crippen LogP contribution in [-0.2, 0) is 0 Å². The summed E-state index contributed by atoms with van der Waals surface area (Å²) in [5.74, 6) is 2.20. The first kappa shape index (κ1) is 12.8. The molecule has 0 aromatic carbocycles. The minimum absolute atomic E-state index is 0.393. The molecule has 0 aromatic heterocycles. The number of hydrogen-bond donors (Lipinski definition) is 1. The van der Waals surface area contributed by atoms with Crippen LogP contribution in [0.1, 0.15) is 53.4 Å². The summed E-state index contributed by atoms with van der Waals surface area (Å²) in [5.41, 5.74) is 7.78. The summed E-state index contributed by atoms with van der Waals surface area (Å²) < 4.78 is 0. The maximum Gasteiger partial charge on any atom is 0.00646 e. The molecule has 0 spiro atoms. The Bertz CT molecular complexity index is 215. The van der Waals surface area contributed by atoms with E-state index < -0.39 is 0 Å². The maximum absolute atomic E-state index is 6.12. The SMILES string of the molecule is CC(C)C1=CCC(CC(N)C(C)C)CC1. The van der Waals surface area contributed by atoms with E-state index in [0.717, 1.165) is 11.8 Å². The van der Waals surface area contributed by atoms with Crippen molar-refractivity contribution in [1.29, 1.82) is 0 Å². The Morgan fingerprint density at radius 3 is 2.40 bits per heavy atom. The van der Waals surface area contributed by atoms with Crippen LogP contribution >= 0.6 is 0 Å². The molecule has 0 heterocycles. The second kappa shape index (κ2) is 5.69. The first-order chi connectivity index (χ1) is 7.00. The molecule has 1 rings (SSSR count). The van der Waals surface area contributed by atoms with Crippen LogP contribution in [0.25, 0.3) is 0 Å². The molecule has 88 valence electrons. The van der Waals surface area contributed by atoms with Crippen LogP contribution in [0.3, 0.4) is 0 Å². The molecule has 2 N–H and O–H groups in total. The Hall–Kier alpha value is -0.300. The molecule has 1 nitrogen and oxygen atoms in total. The van der Waals surface area contributed by atoms with Crippen LogP contribution in [0.5, 0.6) is 0 Å². The van der Waals surface area contributed by atoms with Gasteiger partial charge in [0.05, 0.1) is 0 Å². The van der Waals surface area contributed by atoms with Crippen LogP contribution in [0.15, 0.2) is 11.6 Å². The predicted octanol–water partition coefficient (Wildman–Crippen LogP) is 3.74. The smallest absolute Gasteiger partial charge is 0.00646 e. The topological polar surface area (TPSA) is 26.0 Å². The third kappa shape index (κ3) is 3.98. The molecule has 0 fully saturated rings. The first-order valence-electron chi connectivity index (χ1n) is 6.45.